The second-order valence-corrected chi connectivity index (χ2v) is 9.63. The van der Waals surface area contributed by atoms with Crippen LogP contribution >= 0.6 is 0 Å². The van der Waals surface area contributed by atoms with E-state index in [1.165, 1.54) is 25.0 Å². The summed E-state index contributed by atoms with van der Waals surface area (Å²) in [6.45, 7) is 10.4. The summed E-state index contributed by atoms with van der Waals surface area (Å²) in [6, 6.07) is 6.39. The van der Waals surface area contributed by atoms with E-state index in [4.69, 9.17) is 10.1 Å². The van der Waals surface area contributed by atoms with Gasteiger partial charge in [0.2, 0.25) is 0 Å². The number of rotatable bonds is 3. The Labute approximate surface area is 178 Å². The van der Waals surface area contributed by atoms with Gasteiger partial charge in [0.25, 0.3) is 0 Å². The maximum Gasteiger partial charge on any atom is 0.153 e. The fraction of sp³-hybridized carbons (Fsp3) is 0.565. The van der Waals surface area contributed by atoms with Crippen molar-refractivity contribution in [3.63, 3.8) is 0 Å². The van der Waals surface area contributed by atoms with Crippen molar-refractivity contribution in [2.45, 2.75) is 57.8 Å². The van der Waals surface area contributed by atoms with Crippen LogP contribution in [-0.2, 0) is 5.41 Å². The maximum atomic E-state index is 4.86. The molecule has 5 rings (SSSR count). The zero-order valence-corrected chi connectivity index (χ0v) is 18.3. The molecule has 3 aromatic heterocycles. The summed E-state index contributed by atoms with van der Waals surface area (Å²) in [4.78, 5) is 18.6. The molecule has 0 bridgehead atoms. The van der Waals surface area contributed by atoms with E-state index in [2.05, 4.69) is 64.9 Å². The molecule has 0 N–H and O–H groups in total. The zero-order valence-electron chi connectivity index (χ0n) is 18.3. The number of nitrogens with zero attached hydrogens (tertiary/aromatic N) is 7. The lowest BCUT2D eigenvalue weighted by molar-refractivity contribution is 0.410. The monoisotopic (exact) mass is 405 g/mol. The molecular formula is C23H31N7. The van der Waals surface area contributed by atoms with Crippen LogP contribution in [0, 0.1) is 0 Å². The lowest BCUT2D eigenvalue weighted by atomic mass is 9.83. The standard InChI is InChI=1S/C23H31N7/c1-23(2,3)19-15-30-20(26-19)8-9-21(27-30)28-10-5-11-29(13-12-28)22-14-18(24-16-25-22)17-6-4-7-17/h8-9,14-17H,4-7,10-13H2,1-3H3. The Morgan fingerprint density at radius 1 is 0.900 bits per heavy atom. The van der Waals surface area contributed by atoms with Crippen LogP contribution in [0.5, 0.6) is 0 Å². The molecule has 0 unspecified atom stereocenters. The van der Waals surface area contributed by atoms with Gasteiger partial charge in [0, 0.05) is 49.3 Å². The third-order valence-electron chi connectivity index (χ3n) is 6.42. The average molecular weight is 406 g/mol. The molecule has 3 aromatic rings. The van der Waals surface area contributed by atoms with E-state index in [-0.39, 0.29) is 5.41 Å². The Hall–Kier alpha value is -2.70. The van der Waals surface area contributed by atoms with Crippen molar-refractivity contribution in [2.24, 2.45) is 0 Å². The Kier molecular flexibility index (Phi) is 4.83. The molecule has 4 heterocycles. The van der Waals surface area contributed by atoms with E-state index < -0.39 is 0 Å². The van der Waals surface area contributed by atoms with Crippen molar-refractivity contribution in [1.82, 2.24) is 24.6 Å². The Morgan fingerprint density at radius 3 is 2.37 bits per heavy atom. The first kappa shape index (κ1) is 19.3. The van der Waals surface area contributed by atoms with Gasteiger partial charge < -0.3 is 9.80 Å². The highest BCUT2D eigenvalue weighted by molar-refractivity contribution is 5.48. The highest BCUT2D eigenvalue weighted by Crippen LogP contribution is 2.36. The minimum absolute atomic E-state index is 0.0207. The first-order valence-corrected chi connectivity index (χ1v) is 11.2. The number of hydrogen-bond acceptors (Lipinski definition) is 6. The molecule has 0 spiro atoms. The quantitative estimate of drug-likeness (QED) is 0.660. The van der Waals surface area contributed by atoms with Crippen LogP contribution in [0.4, 0.5) is 11.6 Å². The van der Waals surface area contributed by atoms with Gasteiger partial charge in [-0.15, -0.1) is 5.10 Å². The molecule has 0 amide bonds. The van der Waals surface area contributed by atoms with E-state index in [9.17, 15) is 0 Å². The van der Waals surface area contributed by atoms with E-state index in [0.29, 0.717) is 5.92 Å². The molecule has 1 aliphatic carbocycles. The molecule has 0 radical (unpaired) electrons. The smallest absolute Gasteiger partial charge is 0.153 e. The summed E-state index contributed by atoms with van der Waals surface area (Å²) in [6.07, 6.45) is 8.75. The lowest BCUT2D eigenvalue weighted by Gasteiger charge is -2.27. The summed E-state index contributed by atoms with van der Waals surface area (Å²) >= 11 is 0. The first-order valence-electron chi connectivity index (χ1n) is 11.2. The Bertz CT molecular complexity index is 1030. The van der Waals surface area contributed by atoms with Gasteiger partial charge in [0.15, 0.2) is 5.65 Å². The molecule has 1 aliphatic heterocycles. The van der Waals surface area contributed by atoms with Gasteiger partial charge in [-0.25, -0.2) is 19.5 Å². The molecule has 7 heteroatoms. The number of aromatic nitrogens is 5. The third kappa shape index (κ3) is 3.73. The van der Waals surface area contributed by atoms with E-state index in [1.807, 2.05) is 4.52 Å². The molecule has 2 aliphatic rings. The molecule has 1 saturated heterocycles. The number of anilines is 2. The third-order valence-corrected chi connectivity index (χ3v) is 6.42. The molecule has 7 nitrogen and oxygen atoms in total. The maximum absolute atomic E-state index is 4.86. The molecular weight excluding hydrogens is 374 g/mol. The van der Waals surface area contributed by atoms with Crippen molar-refractivity contribution < 1.29 is 0 Å². The number of imidazole rings is 1. The van der Waals surface area contributed by atoms with E-state index >= 15 is 0 Å². The van der Waals surface area contributed by atoms with Gasteiger partial charge in [0.05, 0.1) is 11.9 Å². The van der Waals surface area contributed by atoms with Gasteiger partial charge in [-0.3, -0.25) is 0 Å². The van der Waals surface area contributed by atoms with E-state index in [1.54, 1.807) is 6.33 Å². The fourth-order valence-electron chi connectivity index (χ4n) is 4.24. The van der Waals surface area contributed by atoms with Crippen LogP contribution < -0.4 is 9.80 Å². The van der Waals surface area contributed by atoms with Crippen LogP contribution in [-0.4, -0.2) is 50.7 Å². The second kappa shape index (κ2) is 7.52. The van der Waals surface area contributed by atoms with Gasteiger partial charge in [-0.05, 0) is 31.4 Å². The van der Waals surface area contributed by atoms with Crippen LogP contribution in [0.3, 0.4) is 0 Å². The van der Waals surface area contributed by atoms with Crippen LogP contribution in [0.1, 0.15) is 63.8 Å². The SMILES string of the molecule is CC(C)(C)c1cn2nc(N3CCCN(c4cc(C5CCC5)ncn4)CC3)ccc2n1. The topological polar surface area (TPSA) is 62.5 Å². The average Bonchev–Trinajstić information content (AvgIpc) is 2.96. The van der Waals surface area contributed by atoms with Gasteiger partial charge >= 0.3 is 0 Å². The Balaban J connectivity index is 1.32. The van der Waals surface area contributed by atoms with Crippen LogP contribution in [0.2, 0.25) is 0 Å². The summed E-state index contributed by atoms with van der Waals surface area (Å²) < 4.78 is 1.92. The van der Waals surface area contributed by atoms with Crippen molar-refractivity contribution in [3.05, 3.63) is 42.1 Å². The van der Waals surface area contributed by atoms with Gasteiger partial charge in [-0.2, -0.15) is 0 Å². The highest BCUT2D eigenvalue weighted by atomic mass is 15.3. The number of hydrogen-bond donors (Lipinski definition) is 0. The molecule has 30 heavy (non-hydrogen) atoms. The van der Waals surface area contributed by atoms with Gasteiger partial charge in [-0.1, -0.05) is 27.2 Å². The summed E-state index contributed by atoms with van der Waals surface area (Å²) in [5.74, 6) is 2.72. The summed E-state index contributed by atoms with van der Waals surface area (Å²) in [7, 11) is 0. The van der Waals surface area contributed by atoms with Gasteiger partial charge in [0.1, 0.15) is 18.0 Å². The first-order chi connectivity index (χ1) is 14.5. The largest absolute Gasteiger partial charge is 0.355 e. The highest BCUT2D eigenvalue weighted by Gasteiger charge is 2.23. The fourth-order valence-corrected chi connectivity index (χ4v) is 4.24. The normalized spacial score (nSPS) is 18.5. The zero-order chi connectivity index (χ0) is 20.7. The molecule has 1 saturated carbocycles. The van der Waals surface area contributed by atoms with Crippen molar-refractivity contribution >= 4 is 17.3 Å². The van der Waals surface area contributed by atoms with Crippen LogP contribution in [0.25, 0.3) is 5.65 Å². The van der Waals surface area contributed by atoms with Crippen molar-refractivity contribution in [3.8, 4) is 0 Å². The molecule has 0 aromatic carbocycles. The molecule has 2 fully saturated rings. The molecule has 158 valence electrons. The van der Waals surface area contributed by atoms with Crippen LogP contribution in [0.15, 0.2) is 30.7 Å². The lowest BCUT2D eigenvalue weighted by Crippen LogP contribution is -2.32. The number of fused-ring (bicyclic) bond motifs is 1. The minimum atomic E-state index is 0.0207. The predicted octanol–water partition coefficient (Wildman–Crippen LogP) is 3.80. The van der Waals surface area contributed by atoms with Crippen molar-refractivity contribution in [1.29, 1.82) is 0 Å². The minimum Gasteiger partial charge on any atom is -0.355 e. The molecule has 0 atom stereocenters. The van der Waals surface area contributed by atoms with E-state index in [0.717, 1.165) is 55.6 Å². The predicted molar refractivity (Wildman–Crippen MR) is 119 cm³/mol. The van der Waals surface area contributed by atoms with Crippen molar-refractivity contribution in [2.75, 3.05) is 36.0 Å². The summed E-state index contributed by atoms with van der Waals surface area (Å²) in [5, 5.41) is 4.86. The summed E-state index contributed by atoms with van der Waals surface area (Å²) in [5.41, 5.74) is 3.21. The Morgan fingerprint density at radius 2 is 1.67 bits per heavy atom. The second-order valence-electron chi connectivity index (χ2n) is 9.63.